The molecule has 0 radical (unpaired) electrons. The summed E-state index contributed by atoms with van der Waals surface area (Å²) in [5.74, 6) is -0.543. The zero-order chi connectivity index (χ0) is 20.7. The second-order valence-electron chi connectivity index (χ2n) is 8.62. The van der Waals surface area contributed by atoms with Gasteiger partial charge in [-0.2, -0.15) is 0 Å². The predicted molar refractivity (Wildman–Crippen MR) is 117 cm³/mol. The van der Waals surface area contributed by atoms with Crippen LogP contribution in [0.5, 0.6) is 0 Å². The van der Waals surface area contributed by atoms with Crippen molar-refractivity contribution in [1.29, 1.82) is 0 Å². The Morgan fingerprint density at radius 1 is 0.724 bits per heavy atom. The van der Waals surface area contributed by atoms with Gasteiger partial charge >= 0.3 is 0 Å². The van der Waals surface area contributed by atoms with Crippen molar-refractivity contribution in [3.05, 3.63) is 70.8 Å². The normalized spacial score (nSPS) is 24.6. The van der Waals surface area contributed by atoms with E-state index in [9.17, 15) is 9.59 Å². The molecule has 1 fully saturated rings. The summed E-state index contributed by atoms with van der Waals surface area (Å²) >= 11 is 0. The molecule has 2 aromatic rings. The Balaban J connectivity index is 1.55. The van der Waals surface area contributed by atoms with Crippen LogP contribution in [0.15, 0.2) is 48.6 Å². The van der Waals surface area contributed by atoms with Gasteiger partial charge in [0, 0.05) is 11.4 Å². The molecule has 2 aliphatic rings. The van der Waals surface area contributed by atoms with Crippen LogP contribution in [-0.2, 0) is 9.59 Å². The first kappa shape index (κ1) is 19.4. The number of allylic oxidation sites excluding steroid dienone is 2. The van der Waals surface area contributed by atoms with E-state index in [0.29, 0.717) is 0 Å². The zero-order valence-corrected chi connectivity index (χ0v) is 17.5. The lowest BCUT2D eigenvalue weighted by Gasteiger charge is -2.27. The highest BCUT2D eigenvalue weighted by Gasteiger charge is 2.51. The van der Waals surface area contributed by atoms with Gasteiger partial charge in [0.1, 0.15) is 0 Å². The number of carbonyl (C=O) groups excluding carboxylic acids is 2. The second-order valence-corrected chi connectivity index (χ2v) is 8.62. The molecule has 4 atom stereocenters. The van der Waals surface area contributed by atoms with Crippen LogP contribution in [0.1, 0.15) is 28.7 Å². The molecule has 2 amide bonds. The van der Waals surface area contributed by atoms with Crippen LogP contribution in [0.2, 0.25) is 0 Å². The average molecular weight is 389 g/mol. The molecule has 4 heteroatoms. The zero-order valence-electron chi connectivity index (χ0n) is 17.5. The van der Waals surface area contributed by atoms with Gasteiger partial charge in [0.15, 0.2) is 0 Å². The molecule has 2 bridgehead atoms. The molecule has 0 aromatic heterocycles. The number of amides is 2. The Bertz CT molecular complexity index is 928. The molecule has 0 saturated heterocycles. The minimum atomic E-state index is -0.337. The average Bonchev–Trinajstić information content (AvgIpc) is 3.27. The van der Waals surface area contributed by atoms with Crippen molar-refractivity contribution in [2.45, 2.75) is 34.1 Å². The topological polar surface area (TPSA) is 58.2 Å². The number of nitrogens with one attached hydrogen (secondary N) is 2. The molecular formula is C25H28N2O2. The molecule has 0 spiro atoms. The molecule has 2 aromatic carbocycles. The summed E-state index contributed by atoms with van der Waals surface area (Å²) in [5.41, 5.74) is 6.03. The summed E-state index contributed by atoms with van der Waals surface area (Å²) in [6, 6.07) is 12.0. The van der Waals surface area contributed by atoms with Gasteiger partial charge in [-0.1, -0.05) is 47.5 Å². The van der Waals surface area contributed by atoms with Crippen molar-refractivity contribution < 1.29 is 9.59 Å². The number of rotatable bonds is 4. The standard InChI is InChI=1S/C25H28N2O2/c1-14-5-9-20(16(3)11-14)26-24(28)22-18-7-8-19(13-18)23(22)25(29)27-21-10-6-15(2)12-17(21)4/h5-12,18-19,22-23H,13H2,1-4H3,(H,26,28)(H,27,29)/t18-,19-,22+,23+/m1/s1. The molecule has 2 aliphatic carbocycles. The van der Waals surface area contributed by atoms with Gasteiger partial charge in [-0.25, -0.2) is 0 Å². The maximum Gasteiger partial charge on any atom is 0.228 e. The highest BCUT2D eigenvalue weighted by Crippen LogP contribution is 2.49. The molecule has 1 saturated carbocycles. The number of aryl methyl sites for hydroxylation is 4. The monoisotopic (exact) mass is 388 g/mol. The van der Waals surface area contributed by atoms with Gasteiger partial charge in [0.05, 0.1) is 11.8 Å². The summed E-state index contributed by atoms with van der Waals surface area (Å²) < 4.78 is 0. The van der Waals surface area contributed by atoms with E-state index in [1.54, 1.807) is 0 Å². The van der Waals surface area contributed by atoms with E-state index >= 15 is 0 Å². The lowest BCUT2D eigenvalue weighted by atomic mass is 9.81. The molecule has 150 valence electrons. The van der Waals surface area contributed by atoms with Crippen LogP contribution in [-0.4, -0.2) is 11.8 Å². The number of carbonyl (C=O) groups is 2. The fourth-order valence-electron chi connectivity index (χ4n) is 4.88. The molecular weight excluding hydrogens is 360 g/mol. The molecule has 4 rings (SSSR count). The van der Waals surface area contributed by atoms with Gasteiger partial charge in [0.2, 0.25) is 11.8 Å². The summed E-state index contributed by atoms with van der Waals surface area (Å²) in [4.78, 5) is 26.4. The maximum absolute atomic E-state index is 13.2. The summed E-state index contributed by atoms with van der Waals surface area (Å²) in [5, 5.41) is 6.16. The third kappa shape index (κ3) is 3.71. The Hall–Kier alpha value is -2.88. The van der Waals surface area contributed by atoms with E-state index in [1.165, 1.54) is 0 Å². The number of fused-ring (bicyclic) bond motifs is 2. The number of hydrogen-bond donors (Lipinski definition) is 2. The van der Waals surface area contributed by atoms with Gasteiger partial charge in [-0.3, -0.25) is 9.59 Å². The van der Waals surface area contributed by atoms with Gasteiger partial charge < -0.3 is 10.6 Å². The van der Waals surface area contributed by atoms with Crippen molar-refractivity contribution in [3.8, 4) is 0 Å². The third-order valence-corrected chi connectivity index (χ3v) is 6.34. The van der Waals surface area contributed by atoms with Gasteiger partial charge in [-0.15, -0.1) is 0 Å². The van der Waals surface area contributed by atoms with Crippen LogP contribution in [0.25, 0.3) is 0 Å². The Labute approximate surface area is 172 Å². The van der Waals surface area contributed by atoms with Crippen LogP contribution >= 0.6 is 0 Å². The number of hydrogen-bond acceptors (Lipinski definition) is 2. The van der Waals surface area contributed by atoms with Crippen molar-refractivity contribution in [1.82, 2.24) is 0 Å². The van der Waals surface area contributed by atoms with Crippen LogP contribution < -0.4 is 10.6 Å². The largest absolute Gasteiger partial charge is 0.326 e. The van der Waals surface area contributed by atoms with E-state index in [-0.39, 0.29) is 35.5 Å². The fourth-order valence-corrected chi connectivity index (χ4v) is 4.88. The summed E-state index contributed by atoms with van der Waals surface area (Å²) in [7, 11) is 0. The van der Waals surface area contributed by atoms with Crippen LogP contribution in [0, 0.1) is 51.4 Å². The lowest BCUT2D eigenvalue weighted by Crippen LogP contribution is -2.39. The summed E-state index contributed by atoms with van der Waals surface area (Å²) in [6.45, 7) is 8.06. The van der Waals surface area contributed by atoms with E-state index in [4.69, 9.17) is 0 Å². The maximum atomic E-state index is 13.2. The molecule has 29 heavy (non-hydrogen) atoms. The fraction of sp³-hybridized carbons (Fsp3) is 0.360. The van der Waals surface area contributed by atoms with Crippen molar-refractivity contribution >= 4 is 23.2 Å². The van der Waals surface area contributed by atoms with Crippen molar-refractivity contribution in [2.75, 3.05) is 10.6 Å². The van der Waals surface area contributed by atoms with Crippen molar-refractivity contribution in [2.24, 2.45) is 23.7 Å². The highest BCUT2D eigenvalue weighted by molar-refractivity contribution is 6.01. The molecule has 0 unspecified atom stereocenters. The Morgan fingerprint density at radius 3 is 1.52 bits per heavy atom. The van der Waals surface area contributed by atoms with E-state index < -0.39 is 0 Å². The minimum absolute atomic E-state index is 0.0606. The van der Waals surface area contributed by atoms with Crippen molar-refractivity contribution in [3.63, 3.8) is 0 Å². The number of anilines is 2. The van der Waals surface area contributed by atoms with E-state index in [2.05, 4.69) is 34.9 Å². The van der Waals surface area contributed by atoms with E-state index in [0.717, 1.165) is 40.0 Å². The summed E-state index contributed by atoms with van der Waals surface area (Å²) in [6.07, 6.45) is 5.09. The molecule has 4 nitrogen and oxygen atoms in total. The number of benzene rings is 2. The third-order valence-electron chi connectivity index (χ3n) is 6.34. The Morgan fingerprint density at radius 2 is 1.14 bits per heavy atom. The van der Waals surface area contributed by atoms with Crippen LogP contribution in [0.4, 0.5) is 11.4 Å². The molecule has 0 heterocycles. The van der Waals surface area contributed by atoms with E-state index in [1.807, 2.05) is 52.0 Å². The second kappa shape index (κ2) is 7.51. The Kier molecular flexibility index (Phi) is 5.03. The van der Waals surface area contributed by atoms with Gasteiger partial charge in [-0.05, 0) is 69.2 Å². The minimum Gasteiger partial charge on any atom is -0.326 e. The van der Waals surface area contributed by atoms with Gasteiger partial charge in [0.25, 0.3) is 0 Å². The molecule has 0 aliphatic heterocycles. The predicted octanol–water partition coefficient (Wildman–Crippen LogP) is 4.94. The SMILES string of the molecule is Cc1ccc(NC(=O)[C@@H]2[C@@H](C(=O)Nc3ccc(C)cc3C)[C@@H]3C=C[C@@H]2C3)c(C)c1. The van der Waals surface area contributed by atoms with Crippen LogP contribution in [0.3, 0.4) is 0 Å². The molecule has 2 N–H and O–H groups in total. The first-order valence-electron chi connectivity index (χ1n) is 10.3. The lowest BCUT2D eigenvalue weighted by molar-refractivity contribution is -0.129. The highest BCUT2D eigenvalue weighted by atomic mass is 16.2. The quantitative estimate of drug-likeness (QED) is 0.729. The smallest absolute Gasteiger partial charge is 0.228 e. The first-order chi connectivity index (χ1) is 13.8. The first-order valence-corrected chi connectivity index (χ1v) is 10.3.